The maximum Gasteiger partial charge on any atom is 0.0762 e. The molecule has 0 spiro atoms. The van der Waals surface area contributed by atoms with Crippen molar-refractivity contribution in [3.8, 4) is 0 Å². The molecule has 0 radical (unpaired) electrons. The first kappa shape index (κ1) is 13.9. The number of benzene rings is 1. The van der Waals surface area contributed by atoms with Gasteiger partial charge in [0.1, 0.15) is 0 Å². The quantitative estimate of drug-likeness (QED) is 0.907. The van der Waals surface area contributed by atoms with Gasteiger partial charge in [0.15, 0.2) is 0 Å². The molecule has 1 aromatic carbocycles. The fourth-order valence-electron chi connectivity index (χ4n) is 2.62. The maximum absolute atomic E-state index is 9.58. The lowest BCUT2D eigenvalue weighted by atomic mass is 9.94. The topological polar surface area (TPSA) is 23.5 Å². The highest BCUT2D eigenvalue weighted by Gasteiger charge is 2.19. The van der Waals surface area contributed by atoms with Crippen molar-refractivity contribution in [2.24, 2.45) is 5.92 Å². The predicted molar refractivity (Wildman–Crippen MR) is 80.0 cm³/mol. The Hall–Kier alpha value is -0.540. The standard InChI is InChI=1S/C15H22BrNO/c1-3-12-6-8-17(9-7-12)15-5-4-13(11(2)18)10-14(15)16/h4-5,10-12,18H,3,6-9H2,1-2H3. The smallest absolute Gasteiger partial charge is 0.0762 e. The molecule has 2 rings (SSSR count). The average Bonchev–Trinajstić information content (AvgIpc) is 2.38. The van der Waals surface area contributed by atoms with E-state index in [0.29, 0.717) is 0 Å². The van der Waals surface area contributed by atoms with Crippen LogP contribution in [0.3, 0.4) is 0 Å². The molecule has 100 valence electrons. The van der Waals surface area contributed by atoms with Gasteiger partial charge in [0.25, 0.3) is 0 Å². The average molecular weight is 312 g/mol. The molecule has 18 heavy (non-hydrogen) atoms. The largest absolute Gasteiger partial charge is 0.389 e. The molecule has 1 N–H and O–H groups in total. The Bertz CT molecular complexity index is 397. The summed E-state index contributed by atoms with van der Waals surface area (Å²) >= 11 is 3.63. The maximum atomic E-state index is 9.58. The third kappa shape index (κ3) is 3.07. The van der Waals surface area contributed by atoms with Gasteiger partial charge in [-0.05, 0) is 59.3 Å². The molecule has 1 saturated heterocycles. The van der Waals surface area contributed by atoms with E-state index in [9.17, 15) is 5.11 Å². The second-order valence-corrected chi connectivity index (χ2v) is 6.08. The van der Waals surface area contributed by atoms with Crippen molar-refractivity contribution in [2.45, 2.75) is 39.2 Å². The highest BCUT2D eigenvalue weighted by atomic mass is 79.9. The van der Waals surface area contributed by atoms with Crippen LogP contribution in [0.4, 0.5) is 5.69 Å². The summed E-state index contributed by atoms with van der Waals surface area (Å²) in [6, 6.07) is 6.18. The van der Waals surface area contributed by atoms with E-state index < -0.39 is 6.10 Å². The van der Waals surface area contributed by atoms with Crippen LogP contribution in [-0.2, 0) is 0 Å². The first-order valence-corrected chi connectivity index (χ1v) is 7.63. The van der Waals surface area contributed by atoms with Crippen LogP contribution in [0.1, 0.15) is 44.8 Å². The molecule has 0 bridgehead atoms. The van der Waals surface area contributed by atoms with Crippen LogP contribution < -0.4 is 4.90 Å². The molecule has 0 aromatic heterocycles. The number of hydrogen-bond donors (Lipinski definition) is 1. The predicted octanol–water partition coefficient (Wildman–Crippen LogP) is 4.13. The van der Waals surface area contributed by atoms with Gasteiger partial charge in [0.05, 0.1) is 11.8 Å². The summed E-state index contributed by atoms with van der Waals surface area (Å²) in [5, 5.41) is 9.58. The summed E-state index contributed by atoms with van der Waals surface area (Å²) < 4.78 is 1.09. The zero-order chi connectivity index (χ0) is 13.1. The van der Waals surface area contributed by atoms with Crippen molar-refractivity contribution in [1.29, 1.82) is 0 Å². The zero-order valence-electron chi connectivity index (χ0n) is 11.2. The van der Waals surface area contributed by atoms with E-state index in [0.717, 1.165) is 29.0 Å². The number of aliphatic hydroxyl groups is 1. The summed E-state index contributed by atoms with van der Waals surface area (Å²) in [5.41, 5.74) is 2.23. The van der Waals surface area contributed by atoms with E-state index >= 15 is 0 Å². The number of nitrogens with zero attached hydrogens (tertiary/aromatic N) is 1. The fraction of sp³-hybridized carbons (Fsp3) is 0.600. The molecule has 0 saturated carbocycles. The minimum absolute atomic E-state index is 0.402. The second-order valence-electron chi connectivity index (χ2n) is 5.23. The Kier molecular flexibility index (Phi) is 4.68. The van der Waals surface area contributed by atoms with Crippen molar-refractivity contribution in [3.63, 3.8) is 0 Å². The van der Waals surface area contributed by atoms with Crippen molar-refractivity contribution in [1.82, 2.24) is 0 Å². The molecule has 1 heterocycles. The Morgan fingerprint density at radius 2 is 2.06 bits per heavy atom. The number of anilines is 1. The molecule has 0 aliphatic carbocycles. The molecule has 1 atom stereocenters. The molecule has 3 heteroatoms. The van der Waals surface area contributed by atoms with E-state index in [4.69, 9.17) is 0 Å². The summed E-state index contributed by atoms with van der Waals surface area (Å²) in [5.74, 6) is 0.900. The van der Waals surface area contributed by atoms with Crippen LogP contribution in [0.25, 0.3) is 0 Å². The summed E-state index contributed by atoms with van der Waals surface area (Å²) in [7, 11) is 0. The molecule has 0 amide bonds. The number of piperidine rings is 1. The molecule has 1 aliphatic heterocycles. The van der Waals surface area contributed by atoms with E-state index in [1.54, 1.807) is 6.92 Å². The molecular formula is C15H22BrNO. The SMILES string of the molecule is CCC1CCN(c2ccc(C(C)O)cc2Br)CC1. The van der Waals surface area contributed by atoms with Crippen LogP contribution in [-0.4, -0.2) is 18.2 Å². The van der Waals surface area contributed by atoms with E-state index in [-0.39, 0.29) is 0 Å². The molecule has 2 nitrogen and oxygen atoms in total. The minimum Gasteiger partial charge on any atom is -0.389 e. The third-order valence-electron chi connectivity index (χ3n) is 3.99. The highest BCUT2D eigenvalue weighted by Crippen LogP contribution is 2.32. The van der Waals surface area contributed by atoms with Crippen LogP contribution in [0.5, 0.6) is 0 Å². The Labute approximate surface area is 118 Å². The lowest BCUT2D eigenvalue weighted by Gasteiger charge is -2.34. The van der Waals surface area contributed by atoms with Crippen LogP contribution in [0, 0.1) is 5.92 Å². The molecule has 1 aromatic rings. The lowest BCUT2D eigenvalue weighted by Crippen LogP contribution is -2.33. The monoisotopic (exact) mass is 311 g/mol. The molecular weight excluding hydrogens is 290 g/mol. The molecule has 1 unspecified atom stereocenters. The zero-order valence-corrected chi connectivity index (χ0v) is 12.8. The van der Waals surface area contributed by atoms with Crippen LogP contribution in [0.15, 0.2) is 22.7 Å². The Morgan fingerprint density at radius 1 is 1.39 bits per heavy atom. The highest BCUT2D eigenvalue weighted by molar-refractivity contribution is 9.10. The van der Waals surface area contributed by atoms with Crippen molar-refractivity contribution >= 4 is 21.6 Å². The number of halogens is 1. The minimum atomic E-state index is -0.402. The third-order valence-corrected chi connectivity index (χ3v) is 4.62. The number of aliphatic hydroxyl groups excluding tert-OH is 1. The van der Waals surface area contributed by atoms with Gasteiger partial charge in [-0.3, -0.25) is 0 Å². The number of rotatable bonds is 3. The van der Waals surface area contributed by atoms with Crippen LogP contribution >= 0.6 is 15.9 Å². The van der Waals surface area contributed by atoms with Gasteiger partial charge in [-0.15, -0.1) is 0 Å². The van der Waals surface area contributed by atoms with Crippen molar-refractivity contribution < 1.29 is 5.11 Å². The Balaban J connectivity index is 2.10. The summed E-state index contributed by atoms with van der Waals surface area (Å²) in [4.78, 5) is 2.45. The fourth-order valence-corrected chi connectivity index (χ4v) is 3.27. The van der Waals surface area contributed by atoms with Gasteiger partial charge in [-0.1, -0.05) is 19.4 Å². The second kappa shape index (κ2) is 6.07. The van der Waals surface area contributed by atoms with E-state index in [1.165, 1.54) is 24.9 Å². The van der Waals surface area contributed by atoms with E-state index in [2.05, 4.69) is 33.8 Å². The van der Waals surface area contributed by atoms with Crippen molar-refractivity contribution in [3.05, 3.63) is 28.2 Å². The first-order chi connectivity index (χ1) is 8.61. The van der Waals surface area contributed by atoms with E-state index in [1.807, 2.05) is 12.1 Å². The number of hydrogen-bond acceptors (Lipinski definition) is 2. The summed E-state index contributed by atoms with van der Waals surface area (Å²) in [6.45, 7) is 6.37. The molecule has 1 aliphatic rings. The summed E-state index contributed by atoms with van der Waals surface area (Å²) in [6.07, 6.45) is 3.49. The van der Waals surface area contributed by atoms with Gasteiger partial charge < -0.3 is 10.0 Å². The van der Waals surface area contributed by atoms with Gasteiger partial charge in [-0.2, -0.15) is 0 Å². The van der Waals surface area contributed by atoms with Gasteiger partial charge in [0.2, 0.25) is 0 Å². The first-order valence-electron chi connectivity index (χ1n) is 6.84. The lowest BCUT2D eigenvalue weighted by molar-refractivity contribution is 0.199. The van der Waals surface area contributed by atoms with Gasteiger partial charge >= 0.3 is 0 Å². The molecule has 1 fully saturated rings. The normalized spacial score (nSPS) is 19.0. The van der Waals surface area contributed by atoms with Crippen molar-refractivity contribution in [2.75, 3.05) is 18.0 Å². The van der Waals surface area contributed by atoms with Gasteiger partial charge in [0, 0.05) is 17.6 Å². The van der Waals surface area contributed by atoms with Crippen LogP contribution in [0.2, 0.25) is 0 Å². The van der Waals surface area contributed by atoms with Gasteiger partial charge in [-0.25, -0.2) is 0 Å². The Morgan fingerprint density at radius 3 is 2.56 bits per heavy atom.